The van der Waals surface area contributed by atoms with Gasteiger partial charge < -0.3 is 9.80 Å². The van der Waals surface area contributed by atoms with Crippen LogP contribution >= 0.6 is 0 Å². The molecule has 4 rings (SSSR count). The number of aryl methyl sites for hydroxylation is 2. The number of rotatable bonds is 7. The molecule has 172 valence electrons. The summed E-state index contributed by atoms with van der Waals surface area (Å²) in [7, 11) is 0. The van der Waals surface area contributed by atoms with E-state index in [0.717, 1.165) is 35.5 Å². The Bertz CT molecular complexity index is 1080. The van der Waals surface area contributed by atoms with E-state index in [0.29, 0.717) is 39.0 Å². The first-order valence-electron chi connectivity index (χ1n) is 11.7. The second-order valence-electron chi connectivity index (χ2n) is 8.67. The van der Waals surface area contributed by atoms with E-state index in [1.165, 1.54) is 5.56 Å². The minimum absolute atomic E-state index is 0.102. The molecule has 0 bridgehead atoms. The second kappa shape index (κ2) is 10.5. The quantitative estimate of drug-likeness (QED) is 0.558. The number of aromatic nitrogens is 2. The molecule has 2 aromatic carbocycles. The smallest absolute Gasteiger partial charge is 0.227 e. The molecule has 0 atom stereocenters. The Balaban J connectivity index is 1.27. The maximum absolute atomic E-state index is 13.0. The molecular weight excluding hydrogens is 412 g/mol. The maximum atomic E-state index is 13.0. The third-order valence-electron chi connectivity index (χ3n) is 6.45. The summed E-state index contributed by atoms with van der Waals surface area (Å²) in [6.07, 6.45) is 2.67. The van der Waals surface area contributed by atoms with Crippen molar-refractivity contribution in [2.24, 2.45) is 0 Å². The first-order chi connectivity index (χ1) is 16.0. The van der Waals surface area contributed by atoms with Gasteiger partial charge in [-0.3, -0.25) is 9.59 Å². The van der Waals surface area contributed by atoms with E-state index in [4.69, 9.17) is 0 Å². The summed E-state index contributed by atoms with van der Waals surface area (Å²) < 4.78 is 1.91. The van der Waals surface area contributed by atoms with Gasteiger partial charge in [0.15, 0.2) is 0 Å². The molecule has 1 fully saturated rings. The number of benzene rings is 2. The van der Waals surface area contributed by atoms with Crippen molar-refractivity contribution in [2.45, 2.75) is 39.5 Å². The van der Waals surface area contributed by atoms with Gasteiger partial charge in [-0.25, -0.2) is 4.68 Å². The van der Waals surface area contributed by atoms with Gasteiger partial charge in [0.05, 0.1) is 17.8 Å². The number of carbonyl (C=O) groups is 2. The van der Waals surface area contributed by atoms with Crippen molar-refractivity contribution >= 4 is 11.8 Å². The molecule has 0 unspecified atom stereocenters. The number of hydrogen-bond acceptors (Lipinski definition) is 3. The van der Waals surface area contributed by atoms with Crippen LogP contribution in [0.3, 0.4) is 0 Å². The molecule has 0 spiro atoms. The summed E-state index contributed by atoms with van der Waals surface area (Å²) in [6, 6.07) is 20.2. The molecule has 2 heterocycles. The van der Waals surface area contributed by atoms with Crippen LogP contribution in [0.5, 0.6) is 0 Å². The minimum Gasteiger partial charge on any atom is -0.339 e. The Labute approximate surface area is 195 Å². The van der Waals surface area contributed by atoms with Crippen LogP contribution in [0.25, 0.3) is 5.69 Å². The fraction of sp³-hybridized carbons (Fsp3) is 0.370. The molecule has 2 amide bonds. The van der Waals surface area contributed by atoms with Gasteiger partial charge >= 0.3 is 0 Å². The van der Waals surface area contributed by atoms with Crippen LogP contribution in [0.1, 0.15) is 35.4 Å². The van der Waals surface area contributed by atoms with E-state index >= 15 is 0 Å². The van der Waals surface area contributed by atoms with E-state index in [9.17, 15) is 9.59 Å². The number of nitrogens with zero attached hydrogens (tertiary/aromatic N) is 4. The Morgan fingerprint density at radius 3 is 2.03 bits per heavy atom. The SMILES string of the molecule is Cc1nn(-c2ccccc2)c(C)c1CC(=O)N1CCN(C(=O)CCCc2ccccc2)CC1. The average Bonchev–Trinajstić information content (AvgIpc) is 3.13. The van der Waals surface area contributed by atoms with E-state index in [2.05, 4.69) is 17.2 Å². The predicted octanol–water partition coefficient (Wildman–Crippen LogP) is 3.73. The van der Waals surface area contributed by atoms with Gasteiger partial charge in [0.25, 0.3) is 0 Å². The van der Waals surface area contributed by atoms with Crippen molar-refractivity contribution in [3.63, 3.8) is 0 Å². The van der Waals surface area contributed by atoms with E-state index in [1.54, 1.807) is 0 Å². The Hall–Kier alpha value is -3.41. The molecule has 0 aliphatic carbocycles. The number of amides is 2. The fourth-order valence-corrected chi connectivity index (χ4v) is 4.47. The number of hydrogen-bond donors (Lipinski definition) is 0. The summed E-state index contributed by atoms with van der Waals surface area (Å²) in [4.78, 5) is 29.4. The van der Waals surface area contributed by atoms with Crippen LogP contribution in [0, 0.1) is 13.8 Å². The molecule has 1 aromatic heterocycles. The van der Waals surface area contributed by atoms with Gasteiger partial charge in [-0.05, 0) is 44.4 Å². The Morgan fingerprint density at radius 2 is 1.39 bits per heavy atom. The first kappa shape index (κ1) is 22.8. The zero-order valence-corrected chi connectivity index (χ0v) is 19.5. The normalized spacial score (nSPS) is 13.9. The largest absolute Gasteiger partial charge is 0.339 e. The minimum atomic E-state index is 0.102. The average molecular weight is 445 g/mol. The van der Waals surface area contributed by atoms with Gasteiger partial charge in [0, 0.05) is 43.9 Å². The van der Waals surface area contributed by atoms with Gasteiger partial charge in [-0.15, -0.1) is 0 Å². The summed E-state index contributed by atoms with van der Waals surface area (Å²) in [5.41, 5.74) is 5.14. The monoisotopic (exact) mass is 444 g/mol. The van der Waals surface area contributed by atoms with Crippen LogP contribution in [0.15, 0.2) is 60.7 Å². The fourth-order valence-electron chi connectivity index (χ4n) is 4.47. The lowest BCUT2D eigenvalue weighted by atomic mass is 10.1. The van der Waals surface area contributed by atoms with E-state index in [1.807, 2.05) is 76.9 Å². The van der Waals surface area contributed by atoms with Crippen LogP contribution in [0.2, 0.25) is 0 Å². The summed E-state index contributed by atoms with van der Waals surface area (Å²) >= 11 is 0. The number of piperazine rings is 1. The standard InChI is InChI=1S/C27H32N4O2/c1-21-25(22(2)31(28-21)24-13-7-4-8-14-24)20-27(33)30-18-16-29(17-19-30)26(32)15-9-12-23-10-5-3-6-11-23/h3-8,10-11,13-14H,9,12,15-20H2,1-2H3. The maximum Gasteiger partial charge on any atom is 0.227 e. The number of para-hydroxylation sites is 1. The molecule has 1 aliphatic heterocycles. The molecule has 6 nitrogen and oxygen atoms in total. The third-order valence-corrected chi connectivity index (χ3v) is 6.45. The molecule has 1 aliphatic rings. The molecular formula is C27H32N4O2. The van der Waals surface area contributed by atoms with Crippen molar-refractivity contribution in [2.75, 3.05) is 26.2 Å². The van der Waals surface area contributed by atoms with Gasteiger partial charge in [0.1, 0.15) is 0 Å². The highest BCUT2D eigenvalue weighted by molar-refractivity contribution is 5.80. The van der Waals surface area contributed by atoms with Crippen molar-refractivity contribution in [3.8, 4) is 5.69 Å². The highest BCUT2D eigenvalue weighted by Crippen LogP contribution is 2.19. The van der Waals surface area contributed by atoms with Crippen molar-refractivity contribution in [1.29, 1.82) is 0 Å². The molecule has 0 N–H and O–H groups in total. The van der Waals surface area contributed by atoms with Crippen molar-refractivity contribution < 1.29 is 9.59 Å². The highest BCUT2D eigenvalue weighted by Gasteiger charge is 2.25. The van der Waals surface area contributed by atoms with Gasteiger partial charge in [0.2, 0.25) is 11.8 Å². The molecule has 33 heavy (non-hydrogen) atoms. The van der Waals surface area contributed by atoms with Crippen LogP contribution in [-0.2, 0) is 22.4 Å². The van der Waals surface area contributed by atoms with Crippen LogP contribution in [0.4, 0.5) is 0 Å². The zero-order valence-electron chi connectivity index (χ0n) is 19.5. The summed E-state index contributed by atoms with van der Waals surface area (Å²) in [5, 5.41) is 4.66. The lowest BCUT2D eigenvalue weighted by molar-refractivity contribution is -0.139. The Kier molecular flexibility index (Phi) is 7.23. The summed E-state index contributed by atoms with van der Waals surface area (Å²) in [6.45, 7) is 6.37. The zero-order chi connectivity index (χ0) is 23.2. The van der Waals surface area contributed by atoms with Crippen molar-refractivity contribution in [1.82, 2.24) is 19.6 Å². The topological polar surface area (TPSA) is 58.4 Å². The van der Waals surface area contributed by atoms with E-state index in [-0.39, 0.29) is 11.8 Å². The second-order valence-corrected chi connectivity index (χ2v) is 8.67. The number of carbonyl (C=O) groups excluding carboxylic acids is 2. The third kappa shape index (κ3) is 5.51. The van der Waals surface area contributed by atoms with Crippen LogP contribution in [-0.4, -0.2) is 57.6 Å². The van der Waals surface area contributed by atoms with Crippen molar-refractivity contribution in [3.05, 3.63) is 83.2 Å². The molecule has 0 radical (unpaired) electrons. The van der Waals surface area contributed by atoms with E-state index < -0.39 is 0 Å². The lowest BCUT2D eigenvalue weighted by Gasteiger charge is -2.35. The predicted molar refractivity (Wildman–Crippen MR) is 129 cm³/mol. The Morgan fingerprint density at radius 1 is 0.818 bits per heavy atom. The first-order valence-corrected chi connectivity index (χ1v) is 11.7. The van der Waals surface area contributed by atoms with Gasteiger partial charge in [-0.1, -0.05) is 48.5 Å². The van der Waals surface area contributed by atoms with Gasteiger partial charge in [-0.2, -0.15) is 5.10 Å². The van der Waals surface area contributed by atoms with Crippen LogP contribution < -0.4 is 0 Å². The molecule has 1 saturated heterocycles. The summed E-state index contributed by atoms with van der Waals surface area (Å²) in [5.74, 6) is 0.291. The highest BCUT2D eigenvalue weighted by atomic mass is 16.2. The lowest BCUT2D eigenvalue weighted by Crippen LogP contribution is -2.51. The molecule has 6 heteroatoms. The molecule has 3 aromatic rings. The molecule has 0 saturated carbocycles.